The zero-order valence-corrected chi connectivity index (χ0v) is 8.30. The molecule has 0 radical (unpaired) electrons. The number of carbonyl (C=O) groups is 2. The predicted octanol–water partition coefficient (Wildman–Crippen LogP) is 1.18. The van der Waals surface area contributed by atoms with Crippen molar-refractivity contribution in [1.82, 2.24) is 0 Å². The van der Waals surface area contributed by atoms with Gasteiger partial charge in [0.15, 0.2) is 0 Å². The number of aliphatic carboxylic acids is 1. The van der Waals surface area contributed by atoms with Crippen molar-refractivity contribution < 1.29 is 14.7 Å². The Bertz CT molecular complexity index is 410. The van der Waals surface area contributed by atoms with Gasteiger partial charge in [-0.25, -0.2) is 4.79 Å². The molecule has 1 aliphatic heterocycles. The molecule has 0 bridgehead atoms. The van der Waals surface area contributed by atoms with Gasteiger partial charge in [0.2, 0.25) is 5.91 Å². The number of hydrogen-bond acceptors (Lipinski definition) is 2. The van der Waals surface area contributed by atoms with E-state index >= 15 is 0 Å². The van der Waals surface area contributed by atoms with E-state index in [1.165, 1.54) is 4.90 Å². The Morgan fingerprint density at radius 3 is 2.47 bits per heavy atom. The van der Waals surface area contributed by atoms with Crippen LogP contribution in [0, 0.1) is 6.92 Å². The van der Waals surface area contributed by atoms with Gasteiger partial charge < -0.3 is 5.11 Å². The van der Waals surface area contributed by atoms with Crippen molar-refractivity contribution in [3.8, 4) is 0 Å². The summed E-state index contributed by atoms with van der Waals surface area (Å²) in [6.45, 7) is 1.94. The molecular weight excluding hydrogens is 194 g/mol. The minimum atomic E-state index is -0.949. The maximum absolute atomic E-state index is 11.3. The number of nitrogens with zero attached hydrogens (tertiary/aromatic N) is 1. The lowest BCUT2D eigenvalue weighted by Gasteiger charge is -2.37. The van der Waals surface area contributed by atoms with Crippen molar-refractivity contribution in [2.45, 2.75) is 19.4 Å². The highest BCUT2D eigenvalue weighted by molar-refractivity contribution is 6.08. The highest BCUT2D eigenvalue weighted by Gasteiger charge is 2.42. The van der Waals surface area contributed by atoms with Gasteiger partial charge in [-0.15, -0.1) is 0 Å². The summed E-state index contributed by atoms with van der Waals surface area (Å²) in [5.74, 6) is -1.08. The van der Waals surface area contributed by atoms with Gasteiger partial charge in [-0.2, -0.15) is 0 Å². The normalized spacial score (nSPS) is 19.9. The van der Waals surface area contributed by atoms with Gasteiger partial charge in [-0.3, -0.25) is 9.69 Å². The Labute approximate surface area is 87.1 Å². The van der Waals surface area contributed by atoms with Crippen molar-refractivity contribution in [2.24, 2.45) is 0 Å². The van der Waals surface area contributed by atoms with Crippen molar-refractivity contribution in [2.75, 3.05) is 4.90 Å². The number of anilines is 1. The van der Waals surface area contributed by atoms with E-state index in [4.69, 9.17) is 5.11 Å². The number of hydrogen-bond donors (Lipinski definition) is 1. The number of rotatable bonds is 2. The lowest BCUT2D eigenvalue weighted by Crippen LogP contribution is -2.57. The zero-order chi connectivity index (χ0) is 11.0. The monoisotopic (exact) mass is 205 g/mol. The molecule has 0 aromatic heterocycles. The molecule has 78 valence electrons. The molecule has 0 aliphatic carbocycles. The van der Waals surface area contributed by atoms with E-state index in [-0.39, 0.29) is 12.3 Å². The molecule has 1 N–H and O–H groups in total. The number of aryl methyl sites for hydroxylation is 1. The first kappa shape index (κ1) is 9.71. The average molecular weight is 205 g/mol. The molecule has 0 spiro atoms. The molecule has 1 atom stereocenters. The van der Waals surface area contributed by atoms with Crippen LogP contribution in [0.25, 0.3) is 0 Å². The fraction of sp³-hybridized carbons (Fsp3) is 0.273. The predicted molar refractivity (Wildman–Crippen MR) is 54.7 cm³/mol. The number of β-lactam (4-membered cyclic amide) rings is 1. The summed E-state index contributed by atoms with van der Waals surface area (Å²) in [5, 5.41) is 8.84. The fourth-order valence-corrected chi connectivity index (χ4v) is 1.64. The number of amides is 1. The molecule has 1 aromatic carbocycles. The molecule has 1 aliphatic rings. The second kappa shape index (κ2) is 3.38. The van der Waals surface area contributed by atoms with Crippen molar-refractivity contribution >= 4 is 17.6 Å². The molecule has 4 nitrogen and oxygen atoms in total. The van der Waals surface area contributed by atoms with Crippen molar-refractivity contribution in [1.29, 1.82) is 0 Å². The summed E-state index contributed by atoms with van der Waals surface area (Å²) in [6.07, 6.45) is 0.100. The Morgan fingerprint density at radius 2 is 2.00 bits per heavy atom. The summed E-state index contributed by atoms with van der Waals surface area (Å²) in [5.41, 5.74) is 1.74. The number of carboxylic acid groups (broad SMARTS) is 1. The van der Waals surface area contributed by atoms with Gasteiger partial charge in [0, 0.05) is 5.69 Å². The summed E-state index contributed by atoms with van der Waals surface area (Å²) in [7, 11) is 0. The highest BCUT2D eigenvalue weighted by atomic mass is 16.4. The molecule has 1 saturated heterocycles. The van der Waals surface area contributed by atoms with Crippen LogP contribution < -0.4 is 4.90 Å². The molecule has 1 amide bonds. The minimum Gasteiger partial charge on any atom is -0.480 e. The molecule has 4 heteroatoms. The van der Waals surface area contributed by atoms with Crippen LogP contribution in [0.4, 0.5) is 5.69 Å². The molecule has 1 aromatic rings. The lowest BCUT2D eigenvalue weighted by atomic mass is 10.0. The van der Waals surface area contributed by atoms with Crippen LogP contribution in [0.3, 0.4) is 0 Å². The molecule has 15 heavy (non-hydrogen) atoms. The number of carboxylic acids is 1. The Balaban J connectivity index is 2.26. The van der Waals surface area contributed by atoms with Crippen molar-refractivity contribution in [3.63, 3.8) is 0 Å². The van der Waals surface area contributed by atoms with Gasteiger partial charge in [0.05, 0.1) is 6.42 Å². The Kier molecular flexibility index (Phi) is 2.19. The zero-order valence-electron chi connectivity index (χ0n) is 8.30. The standard InChI is InChI=1S/C11H11NO3/c1-7-2-4-8(5-3-7)12-9(11(14)15)6-10(12)13/h2-5,9H,6H2,1H3,(H,14,15)/t9-/m0/s1. The SMILES string of the molecule is Cc1ccc(N2C(=O)C[C@H]2C(=O)O)cc1. The summed E-state index contributed by atoms with van der Waals surface area (Å²) >= 11 is 0. The Hall–Kier alpha value is -1.84. The number of benzene rings is 1. The first-order chi connectivity index (χ1) is 7.09. The third-order valence-electron chi connectivity index (χ3n) is 2.55. The summed E-state index contributed by atoms with van der Waals surface area (Å²) < 4.78 is 0. The first-order valence-corrected chi connectivity index (χ1v) is 4.71. The van der Waals surface area contributed by atoms with E-state index in [1.54, 1.807) is 12.1 Å². The van der Waals surface area contributed by atoms with E-state index in [0.29, 0.717) is 5.69 Å². The second-order valence-corrected chi connectivity index (χ2v) is 3.66. The maximum Gasteiger partial charge on any atom is 0.327 e. The van der Waals surface area contributed by atoms with Gasteiger partial charge in [-0.05, 0) is 19.1 Å². The third kappa shape index (κ3) is 1.58. The average Bonchev–Trinajstić information content (AvgIpc) is 2.17. The molecule has 1 heterocycles. The molecular formula is C11H11NO3. The van der Waals surface area contributed by atoms with Crippen LogP contribution in [0.1, 0.15) is 12.0 Å². The van der Waals surface area contributed by atoms with E-state index in [1.807, 2.05) is 19.1 Å². The smallest absolute Gasteiger partial charge is 0.327 e. The van der Waals surface area contributed by atoms with Gasteiger partial charge in [0.1, 0.15) is 6.04 Å². The summed E-state index contributed by atoms with van der Waals surface area (Å²) in [6, 6.07) is 6.56. The molecule has 0 unspecified atom stereocenters. The minimum absolute atomic E-state index is 0.100. The lowest BCUT2D eigenvalue weighted by molar-refractivity contribution is -0.145. The van der Waals surface area contributed by atoms with Crippen LogP contribution in [0.15, 0.2) is 24.3 Å². The first-order valence-electron chi connectivity index (χ1n) is 4.71. The molecule has 1 fully saturated rings. The quantitative estimate of drug-likeness (QED) is 0.738. The third-order valence-corrected chi connectivity index (χ3v) is 2.55. The largest absolute Gasteiger partial charge is 0.480 e. The maximum atomic E-state index is 11.3. The topological polar surface area (TPSA) is 57.6 Å². The van der Waals surface area contributed by atoms with Crippen LogP contribution in [-0.2, 0) is 9.59 Å². The van der Waals surface area contributed by atoms with E-state index in [9.17, 15) is 9.59 Å². The summed E-state index contributed by atoms with van der Waals surface area (Å²) in [4.78, 5) is 23.4. The Morgan fingerprint density at radius 1 is 1.40 bits per heavy atom. The number of carbonyl (C=O) groups excluding carboxylic acids is 1. The van der Waals surface area contributed by atoms with E-state index in [2.05, 4.69) is 0 Å². The van der Waals surface area contributed by atoms with Gasteiger partial charge >= 0.3 is 5.97 Å². The van der Waals surface area contributed by atoms with Crippen molar-refractivity contribution in [3.05, 3.63) is 29.8 Å². The van der Waals surface area contributed by atoms with Crippen LogP contribution in [-0.4, -0.2) is 23.0 Å². The molecule has 2 rings (SSSR count). The molecule has 0 saturated carbocycles. The van der Waals surface area contributed by atoms with E-state index < -0.39 is 12.0 Å². The van der Waals surface area contributed by atoms with Gasteiger partial charge in [-0.1, -0.05) is 17.7 Å². The van der Waals surface area contributed by atoms with Gasteiger partial charge in [0.25, 0.3) is 0 Å². The van der Waals surface area contributed by atoms with Crippen LogP contribution in [0.2, 0.25) is 0 Å². The van der Waals surface area contributed by atoms with Crippen LogP contribution >= 0.6 is 0 Å². The highest BCUT2D eigenvalue weighted by Crippen LogP contribution is 2.27. The van der Waals surface area contributed by atoms with E-state index in [0.717, 1.165) is 5.56 Å². The fourth-order valence-electron chi connectivity index (χ4n) is 1.64. The van der Waals surface area contributed by atoms with Crippen LogP contribution in [0.5, 0.6) is 0 Å². The second-order valence-electron chi connectivity index (χ2n) is 3.66.